The summed E-state index contributed by atoms with van der Waals surface area (Å²) < 4.78 is 0. The summed E-state index contributed by atoms with van der Waals surface area (Å²) in [5.74, 6) is -0.221. The van der Waals surface area contributed by atoms with Gasteiger partial charge in [-0.2, -0.15) is 0 Å². The lowest BCUT2D eigenvalue weighted by Crippen LogP contribution is -2.35. The summed E-state index contributed by atoms with van der Waals surface area (Å²) in [4.78, 5) is 24.3. The molecule has 1 amide bonds. The SMILES string of the molecule is CC1(C)CC(=O)C2=C(C1)Nc1ccccc1C(=O)N2. The quantitative estimate of drug-likeness (QED) is 0.749. The van der Waals surface area contributed by atoms with Gasteiger partial charge in [0, 0.05) is 12.1 Å². The van der Waals surface area contributed by atoms with Gasteiger partial charge in [-0.1, -0.05) is 26.0 Å². The predicted octanol–water partition coefficient (Wildman–Crippen LogP) is 2.44. The van der Waals surface area contributed by atoms with E-state index in [1.807, 2.05) is 18.2 Å². The maximum atomic E-state index is 12.2. The number of fused-ring (bicyclic) bond motifs is 1. The topological polar surface area (TPSA) is 58.2 Å². The highest BCUT2D eigenvalue weighted by Gasteiger charge is 2.35. The van der Waals surface area contributed by atoms with Gasteiger partial charge >= 0.3 is 0 Å². The summed E-state index contributed by atoms with van der Waals surface area (Å²) in [7, 11) is 0. The minimum atomic E-state index is -0.221. The summed E-state index contributed by atoms with van der Waals surface area (Å²) in [6.45, 7) is 4.13. The number of carbonyl (C=O) groups excluding carboxylic acids is 2. The van der Waals surface area contributed by atoms with E-state index in [1.54, 1.807) is 6.07 Å². The van der Waals surface area contributed by atoms with E-state index >= 15 is 0 Å². The second kappa shape index (κ2) is 3.95. The lowest BCUT2D eigenvalue weighted by molar-refractivity contribution is -0.118. The maximum Gasteiger partial charge on any atom is 0.257 e. The van der Waals surface area contributed by atoms with Gasteiger partial charge in [0.15, 0.2) is 5.78 Å². The zero-order chi connectivity index (χ0) is 13.6. The van der Waals surface area contributed by atoms with Crippen LogP contribution >= 0.6 is 0 Å². The van der Waals surface area contributed by atoms with Crippen molar-refractivity contribution >= 4 is 17.4 Å². The normalized spacial score (nSPS) is 20.9. The monoisotopic (exact) mass is 256 g/mol. The fourth-order valence-electron chi connectivity index (χ4n) is 2.71. The van der Waals surface area contributed by atoms with Gasteiger partial charge < -0.3 is 10.6 Å². The smallest absolute Gasteiger partial charge is 0.257 e. The van der Waals surface area contributed by atoms with Gasteiger partial charge in [0.2, 0.25) is 0 Å². The molecule has 0 saturated carbocycles. The third-order valence-corrected chi connectivity index (χ3v) is 3.57. The number of hydrogen-bond acceptors (Lipinski definition) is 3. The molecule has 1 aliphatic heterocycles. The summed E-state index contributed by atoms with van der Waals surface area (Å²) in [6.07, 6.45) is 1.22. The van der Waals surface area contributed by atoms with Crippen molar-refractivity contribution in [3.05, 3.63) is 41.2 Å². The van der Waals surface area contributed by atoms with Gasteiger partial charge in [0.05, 0.1) is 11.3 Å². The number of amides is 1. The number of hydrogen-bond donors (Lipinski definition) is 2. The van der Waals surface area contributed by atoms with E-state index < -0.39 is 0 Å². The Balaban J connectivity index is 2.09. The minimum absolute atomic E-state index is 0.0000869. The first-order valence-corrected chi connectivity index (χ1v) is 6.40. The van der Waals surface area contributed by atoms with Crippen LogP contribution in [0.15, 0.2) is 35.7 Å². The van der Waals surface area contributed by atoms with E-state index in [9.17, 15) is 9.59 Å². The lowest BCUT2D eigenvalue weighted by Gasteiger charge is -2.31. The van der Waals surface area contributed by atoms with Crippen molar-refractivity contribution in [2.75, 3.05) is 5.32 Å². The van der Waals surface area contributed by atoms with E-state index in [4.69, 9.17) is 0 Å². The van der Waals surface area contributed by atoms with Crippen LogP contribution in [0.2, 0.25) is 0 Å². The van der Waals surface area contributed by atoms with Crippen LogP contribution in [0.3, 0.4) is 0 Å². The average Bonchev–Trinajstić information content (AvgIpc) is 2.45. The number of para-hydroxylation sites is 1. The van der Waals surface area contributed by atoms with Gasteiger partial charge in [0.1, 0.15) is 5.70 Å². The highest BCUT2D eigenvalue weighted by atomic mass is 16.2. The van der Waals surface area contributed by atoms with Gasteiger partial charge in [-0.05, 0) is 24.0 Å². The van der Waals surface area contributed by atoms with E-state index in [0.717, 1.165) is 17.8 Å². The first-order valence-electron chi connectivity index (χ1n) is 6.40. The fraction of sp³-hybridized carbons (Fsp3) is 0.333. The number of benzene rings is 1. The predicted molar refractivity (Wildman–Crippen MR) is 72.6 cm³/mol. The number of Topliss-reactive ketones (excluding diaryl/α,β-unsaturated/α-hetero) is 1. The molecule has 19 heavy (non-hydrogen) atoms. The van der Waals surface area contributed by atoms with Crippen molar-refractivity contribution in [3.63, 3.8) is 0 Å². The number of nitrogens with one attached hydrogen (secondary N) is 2. The van der Waals surface area contributed by atoms with Crippen LogP contribution in [0.5, 0.6) is 0 Å². The van der Waals surface area contributed by atoms with E-state index in [0.29, 0.717) is 17.7 Å². The Bertz CT molecular complexity index is 614. The molecule has 0 atom stereocenters. The summed E-state index contributed by atoms with van der Waals surface area (Å²) >= 11 is 0. The molecular formula is C15H16N2O2. The molecule has 2 N–H and O–H groups in total. The first-order chi connectivity index (χ1) is 8.96. The average molecular weight is 256 g/mol. The van der Waals surface area contributed by atoms with E-state index in [2.05, 4.69) is 24.5 Å². The van der Waals surface area contributed by atoms with Gasteiger partial charge in [-0.15, -0.1) is 0 Å². The van der Waals surface area contributed by atoms with Crippen LogP contribution < -0.4 is 10.6 Å². The minimum Gasteiger partial charge on any atom is -0.356 e. The zero-order valence-corrected chi connectivity index (χ0v) is 11.0. The molecule has 98 valence electrons. The van der Waals surface area contributed by atoms with Crippen molar-refractivity contribution in [3.8, 4) is 0 Å². The second-order valence-corrected chi connectivity index (χ2v) is 5.92. The molecule has 1 aromatic rings. The molecule has 1 heterocycles. The Kier molecular flexibility index (Phi) is 2.49. The number of rotatable bonds is 0. The molecule has 0 radical (unpaired) electrons. The third-order valence-electron chi connectivity index (χ3n) is 3.57. The van der Waals surface area contributed by atoms with Crippen molar-refractivity contribution in [2.24, 2.45) is 5.41 Å². The van der Waals surface area contributed by atoms with Gasteiger partial charge in [-0.3, -0.25) is 9.59 Å². The lowest BCUT2D eigenvalue weighted by atomic mass is 9.77. The van der Waals surface area contributed by atoms with Crippen LogP contribution in [0.1, 0.15) is 37.0 Å². The highest BCUT2D eigenvalue weighted by molar-refractivity contribution is 6.08. The molecular weight excluding hydrogens is 240 g/mol. The molecule has 1 aliphatic carbocycles. The molecule has 4 heteroatoms. The maximum absolute atomic E-state index is 12.2. The molecule has 2 aliphatic rings. The Morgan fingerprint density at radius 2 is 1.79 bits per heavy atom. The number of anilines is 1. The molecule has 3 rings (SSSR count). The Morgan fingerprint density at radius 3 is 2.58 bits per heavy atom. The summed E-state index contributed by atoms with van der Waals surface area (Å²) in [6, 6.07) is 7.30. The second-order valence-electron chi connectivity index (χ2n) is 5.92. The van der Waals surface area contributed by atoms with Crippen molar-refractivity contribution in [2.45, 2.75) is 26.7 Å². The Labute approximate surface area is 111 Å². The summed E-state index contributed by atoms with van der Waals surface area (Å²) in [5.41, 5.74) is 2.51. The molecule has 0 bridgehead atoms. The molecule has 0 saturated heterocycles. The molecule has 4 nitrogen and oxygen atoms in total. The van der Waals surface area contributed by atoms with Gasteiger partial charge in [0.25, 0.3) is 5.91 Å². The Morgan fingerprint density at radius 1 is 1.05 bits per heavy atom. The summed E-state index contributed by atoms with van der Waals surface area (Å²) in [5, 5.41) is 6.01. The highest BCUT2D eigenvalue weighted by Crippen LogP contribution is 2.38. The van der Waals surface area contributed by atoms with Crippen LogP contribution in [0, 0.1) is 5.41 Å². The van der Waals surface area contributed by atoms with Crippen LogP contribution in [-0.2, 0) is 4.79 Å². The molecule has 0 fully saturated rings. The van der Waals surface area contributed by atoms with Crippen molar-refractivity contribution in [1.82, 2.24) is 5.32 Å². The molecule has 0 spiro atoms. The molecule has 1 aromatic carbocycles. The molecule has 0 unspecified atom stereocenters. The number of carbonyl (C=O) groups is 2. The van der Waals surface area contributed by atoms with Crippen LogP contribution in [-0.4, -0.2) is 11.7 Å². The Hall–Kier alpha value is -2.10. The van der Waals surface area contributed by atoms with Crippen molar-refractivity contribution in [1.29, 1.82) is 0 Å². The first kappa shape index (κ1) is 12.0. The van der Waals surface area contributed by atoms with Crippen LogP contribution in [0.25, 0.3) is 0 Å². The zero-order valence-electron chi connectivity index (χ0n) is 11.0. The number of allylic oxidation sites excluding steroid dienone is 2. The third kappa shape index (κ3) is 2.03. The van der Waals surface area contributed by atoms with E-state index in [-0.39, 0.29) is 17.1 Å². The molecule has 0 aromatic heterocycles. The number of ketones is 1. The van der Waals surface area contributed by atoms with Crippen LogP contribution in [0.4, 0.5) is 5.69 Å². The standard InChI is InChI=1S/C15H16N2O2/c1-15(2)7-11-13(12(18)8-15)17-14(19)9-5-3-4-6-10(9)16-11/h3-6,16H,7-8H2,1-2H3,(H,17,19). The van der Waals surface area contributed by atoms with E-state index in [1.165, 1.54) is 0 Å². The largest absolute Gasteiger partial charge is 0.356 e. The van der Waals surface area contributed by atoms with Gasteiger partial charge in [-0.25, -0.2) is 0 Å². The fourth-order valence-corrected chi connectivity index (χ4v) is 2.71. The van der Waals surface area contributed by atoms with Crippen molar-refractivity contribution < 1.29 is 9.59 Å².